The van der Waals surface area contributed by atoms with E-state index in [1.54, 1.807) is 48.5 Å². The molecule has 6 rings (SSSR count). The number of nitro groups is 1. The maximum Gasteiger partial charge on any atom is 0.416 e. The molecule has 2 heterocycles. The van der Waals surface area contributed by atoms with Gasteiger partial charge in [0.1, 0.15) is 11.9 Å². The molecule has 0 spiro atoms. The lowest BCUT2D eigenvalue weighted by molar-refractivity contribution is -0.384. The monoisotopic (exact) mass is 656 g/mol. The standard InChI is InChI=1S/C35H31F3N6O4/c1-42-17-15-29(16-18-42)48-30-13-14-31(32(20-30)25-3-2-4-26(19-25)35(36,37)38)24-7-9-27(10-8-24)39-34(45)33-22-43(41-40-33)21-23-5-11-28(12-6-23)44(46)47/h2-14,19-20,22,29H,15-18,21H2,1H3,(H,39,45). The maximum absolute atomic E-state index is 13.6. The third kappa shape index (κ3) is 7.69. The summed E-state index contributed by atoms with van der Waals surface area (Å²) in [5.74, 6) is 0.101. The van der Waals surface area contributed by atoms with Gasteiger partial charge in [0.05, 0.1) is 23.2 Å². The second-order valence-electron chi connectivity index (χ2n) is 11.7. The predicted molar refractivity (Wildman–Crippen MR) is 174 cm³/mol. The third-order valence-corrected chi connectivity index (χ3v) is 8.18. The van der Waals surface area contributed by atoms with Crippen molar-refractivity contribution in [3.8, 4) is 28.0 Å². The summed E-state index contributed by atoms with van der Waals surface area (Å²) in [5, 5.41) is 21.6. The molecular formula is C35H31F3N6O4. The summed E-state index contributed by atoms with van der Waals surface area (Å²) in [6, 6.07) is 23.7. The van der Waals surface area contributed by atoms with Crippen molar-refractivity contribution >= 4 is 17.3 Å². The number of nitrogens with zero attached hydrogens (tertiary/aromatic N) is 5. The number of nitro benzene ring substituents is 1. The summed E-state index contributed by atoms with van der Waals surface area (Å²) < 4.78 is 48.7. The van der Waals surface area contributed by atoms with Crippen molar-refractivity contribution in [1.29, 1.82) is 0 Å². The molecule has 0 bridgehead atoms. The highest BCUT2D eigenvalue weighted by Crippen LogP contribution is 2.39. The molecule has 5 aromatic rings. The summed E-state index contributed by atoms with van der Waals surface area (Å²) in [6.07, 6.45) is -1.27. The Bertz CT molecular complexity index is 1920. The zero-order valence-corrected chi connectivity index (χ0v) is 25.9. The lowest BCUT2D eigenvalue weighted by Gasteiger charge is -2.29. The lowest BCUT2D eigenvalue weighted by atomic mass is 9.93. The normalized spacial score (nSPS) is 14.1. The molecule has 0 radical (unpaired) electrons. The first-order valence-electron chi connectivity index (χ1n) is 15.2. The molecule has 13 heteroatoms. The highest BCUT2D eigenvalue weighted by Gasteiger charge is 2.30. The molecule has 1 saturated heterocycles. The highest BCUT2D eigenvalue weighted by molar-refractivity contribution is 6.02. The van der Waals surface area contributed by atoms with Gasteiger partial charge in [-0.2, -0.15) is 13.2 Å². The number of anilines is 1. The summed E-state index contributed by atoms with van der Waals surface area (Å²) >= 11 is 0. The maximum atomic E-state index is 13.6. The first kappa shape index (κ1) is 32.4. The fourth-order valence-corrected chi connectivity index (χ4v) is 5.56. The van der Waals surface area contributed by atoms with Crippen molar-refractivity contribution in [2.75, 3.05) is 25.5 Å². The second kappa shape index (κ2) is 13.7. The quantitative estimate of drug-likeness (QED) is 0.131. The van der Waals surface area contributed by atoms with Crippen LogP contribution in [0.2, 0.25) is 0 Å². The van der Waals surface area contributed by atoms with Crippen molar-refractivity contribution in [3.05, 3.63) is 124 Å². The van der Waals surface area contributed by atoms with E-state index in [2.05, 4.69) is 27.6 Å². The number of alkyl halides is 3. The number of hydrogen-bond donors (Lipinski definition) is 1. The van der Waals surface area contributed by atoms with E-state index in [1.165, 1.54) is 29.1 Å². The summed E-state index contributed by atoms with van der Waals surface area (Å²) in [5.41, 5.74) is 2.98. The van der Waals surface area contributed by atoms with Gasteiger partial charge in [-0.1, -0.05) is 47.7 Å². The molecule has 0 atom stereocenters. The predicted octanol–water partition coefficient (Wildman–Crippen LogP) is 7.31. The Morgan fingerprint density at radius 2 is 1.69 bits per heavy atom. The largest absolute Gasteiger partial charge is 0.490 e. The molecule has 0 saturated carbocycles. The number of carbonyl (C=O) groups excluding carboxylic acids is 1. The minimum Gasteiger partial charge on any atom is -0.490 e. The van der Waals surface area contributed by atoms with E-state index in [4.69, 9.17) is 4.74 Å². The van der Waals surface area contributed by atoms with Gasteiger partial charge < -0.3 is 15.0 Å². The molecule has 0 unspecified atom stereocenters. The van der Waals surface area contributed by atoms with Gasteiger partial charge >= 0.3 is 6.18 Å². The molecular weight excluding hydrogens is 625 g/mol. The second-order valence-corrected chi connectivity index (χ2v) is 11.7. The van der Waals surface area contributed by atoms with E-state index in [9.17, 15) is 28.1 Å². The topological polar surface area (TPSA) is 115 Å². The number of halogens is 3. The van der Waals surface area contributed by atoms with E-state index < -0.39 is 22.6 Å². The SMILES string of the molecule is CN1CCC(Oc2ccc(-c3ccc(NC(=O)c4cn(Cc5ccc([N+](=O)[O-])cc5)nn4)cc3)c(-c3cccc(C(F)(F)F)c3)c2)CC1. The van der Waals surface area contributed by atoms with Crippen LogP contribution in [0, 0.1) is 10.1 Å². The summed E-state index contributed by atoms with van der Waals surface area (Å²) in [7, 11) is 2.06. The van der Waals surface area contributed by atoms with Crippen LogP contribution in [0.3, 0.4) is 0 Å². The molecule has 246 valence electrons. The number of rotatable bonds is 9. The van der Waals surface area contributed by atoms with Crippen molar-refractivity contribution in [2.24, 2.45) is 0 Å². The van der Waals surface area contributed by atoms with Crippen LogP contribution in [-0.2, 0) is 12.7 Å². The average Bonchev–Trinajstić information content (AvgIpc) is 3.55. The van der Waals surface area contributed by atoms with Crippen LogP contribution in [0.15, 0.2) is 97.2 Å². The third-order valence-electron chi connectivity index (χ3n) is 8.18. The van der Waals surface area contributed by atoms with E-state index >= 15 is 0 Å². The number of amides is 1. The minimum absolute atomic E-state index is 0.0215. The smallest absolute Gasteiger partial charge is 0.416 e. The van der Waals surface area contributed by atoms with Gasteiger partial charge in [-0.3, -0.25) is 14.9 Å². The van der Waals surface area contributed by atoms with E-state index in [-0.39, 0.29) is 24.0 Å². The van der Waals surface area contributed by atoms with Crippen LogP contribution < -0.4 is 10.1 Å². The summed E-state index contributed by atoms with van der Waals surface area (Å²) in [6.45, 7) is 2.09. The number of hydrogen-bond acceptors (Lipinski definition) is 7. The first-order chi connectivity index (χ1) is 23.0. The number of piperidine rings is 1. The van der Waals surface area contributed by atoms with Gasteiger partial charge in [-0.25, -0.2) is 4.68 Å². The Morgan fingerprint density at radius 1 is 0.958 bits per heavy atom. The average molecular weight is 657 g/mol. The molecule has 1 fully saturated rings. The van der Waals surface area contributed by atoms with Crippen molar-refractivity contribution in [3.63, 3.8) is 0 Å². The molecule has 1 aromatic heterocycles. The van der Waals surface area contributed by atoms with Crippen LogP contribution in [0.4, 0.5) is 24.5 Å². The molecule has 1 aliphatic rings. The number of likely N-dealkylation sites (tertiary alicyclic amines) is 1. The molecule has 48 heavy (non-hydrogen) atoms. The van der Waals surface area contributed by atoms with Gasteiger partial charge in [0, 0.05) is 30.9 Å². The Labute approximate surface area is 273 Å². The Kier molecular flexibility index (Phi) is 9.21. The van der Waals surface area contributed by atoms with Crippen LogP contribution in [-0.4, -0.2) is 57.0 Å². The fraction of sp³-hybridized carbons (Fsp3) is 0.229. The van der Waals surface area contributed by atoms with Crippen molar-refractivity contribution < 1.29 is 27.6 Å². The molecule has 10 nitrogen and oxygen atoms in total. The molecule has 0 aliphatic carbocycles. The number of ether oxygens (including phenoxy) is 1. The lowest BCUT2D eigenvalue weighted by Crippen LogP contribution is -2.35. The van der Waals surface area contributed by atoms with Gasteiger partial charge in [-0.05, 0) is 84.1 Å². The van der Waals surface area contributed by atoms with E-state index in [0.29, 0.717) is 28.1 Å². The molecule has 1 aliphatic heterocycles. The zero-order chi connectivity index (χ0) is 33.8. The number of nitrogens with one attached hydrogen (secondary N) is 1. The zero-order valence-electron chi connectivity index (χ0n) is 25.9. The van der Waals surface area contributed by atoms with Crippen molar-refractivity contribution in [2.45, 2.75) is 31.7 Å². The molecule has 1 amide bonds. The highest BCUT2D eigenvalue weighted by atomic mass is 19.4. The Morgan fingerprint density at radius 3 is 2.38 bits per heavy atom. The van der Waals surface area contributed by atoms with Crippen LogP contribution >= 0.6 is 0 Å². The van der Waals surface area contributed by atoms with E-state index in [1.807, 2.05) is 12.1 Å². The summed E-state index contributed by atoms with van der Waals surface area (Å²) in [4.78, 5) is 25.5. The van der Waals surface area contributed by atoms with Gasteiger partial charge in [0.15, 0.2) is 5.69 Å². The van der Waals surface area contributed by atoms with Gasteiger partial charge in [0.25, 0.3) is 11.6 Å². The molecule has 1 N–H and O–H groups in total. The Balaban J connectivity index is 1.20. The number of carbonyl (C=O) groups is 1. The van der Waals surface area contributed by atoms with Crippen LogP contribution in [0.1, 0.15) is 34.5 Å². The fourth-order valence-electron chi connectivity index (χ4n) is 5.56. The Hall–Kier alpha value is -5.56. The number of benzene rings is 4. The van der Waals surface area contributed by atoms with Gasteiger partial charge in [0.2, 0.25) is 0 Å². The van der Waals surface area contributed by atoms with Crippen LogP contribution in [0.5, 0.6) is 5.75 Å². The minimum atomic E-state index is -4.49. The van der Waals surface area contributed by atoms with Gasteiger partial charge in [-0.15, -0.1) is 5.10 Å². The van der Waals surface area contributed by atoms with Crippen LogP contribution in [0.25, 0.3) is 22.3 Å². The first-order valence-corrected chi connectivity index (χ1v) is 15.2. The molecule has 4 aromatic carbocycles. The van der Waals surface area contributed by atoms with E-state index in [0.717, 1.165) is 49.2 Å². The van der Waals surface area contributed by atoms with Crippen molar-refractivity contribution in [1.82, 2.24) is 19.9 Å². The number of non-ortho nitro benzene ring substituents is 1. The number of aromatic nitrogens is 3.